The summed E-state index contributed by atoms with van der Waals surface area (Å²) in [5.41, 5.74) is 3.19. The number of anilines is 1. The van der Waals surface area contributed by atoms with E-state index in [0.29, 0.717) is 13.0 Å². The standard InChI is InChI=1S/C21H24N2O2/c1-16(21(25)22-15-14-17-8-3-2-4-9-17)23-19-12-6-5-10-18(19)11-7-13-20(23)24/h2-6,8-10,12,16H,7,11,13-15H2,1H3,(H,22,25). The molecule has 2 aromatic rings. The van der Waals surface area contributed by atoms with Crippen molar-refractivity contribution in [1.82, 2.24) is 5.32 Å². The van der Waals surface area contributed by atoms with E-state index in [-0.39, 0.29) is 11.8 Å². The Bertz CT molecular complexity index is 743. The third-order valence-corrected chi connectivity index (χ3v) is 4.68. The van der Waals surface area contributed by atoms with Crippen molar-refractivity contribution in [3.05, 3.63) is 65.7 Å². The van der Waals surface area contributed by atoms with Crippen molar-refractivity contribution >= 4 is 17.5 Å². The number of benzene rings is 2. The number of hydrogen-bond acceptors (Lipinski definition) is 2. The molecule has 0 saturated carbocycles. The number of nitrogens with zero attached hydrogens (tertiary/aromatic N) is 1. The highest BCUT2D eigenvalue weighted by atomic mass is 16.2. The van der Waals surface area contributed by atoms with Crippen molar-refractivity contribution in [1.29, 1.82) is 0 Å². The molecule has 1 unspecified atom stereocenters. The van der Waals surface area contributed by atoms with E-state index in [9.17, 15) is 9.59 Å². The van der Waals surface area contributed by atoms with Gasteiger partial charge in [0.05, 0.1) is 0 Å². The Hall–Kier alpha value is -2.62. The molecule has 0 aliphatic carbocycles. The van der Waals surface area contributed by atoms with Gasteiger partial charge in [0.2, 0.25) is 11.8 Å². The lowest BCUT2D eigenvalue weighted by atomic mass is 10.1. The second-order valence-electron chi connectivity index (χ2n) is 6.45. The van der Waals surface area contributed by atoms with Gasteiger partial charge in [-0.25, -0.2) is 0 Å². The van der Waals surface area contributed by atoms with Crippen molar-refractivity contribution in [2.45, 2.75) is 38.6 Å². The molecule has 1 aliphatic heterocycles. The fourth-order valence-corrected chi connectivity index (χ4v) is 3.31. The van der Waals surface area contributed by atoms with Gasteiger partial charge in [0, 0.05) is 18.7 Å². The van der Waals surface area contributed by atoms with Crippen LogP contribution in [0.3, 0.4) is 0 Å². The predicted octanol–water partition coefficient (Wildman–Crippen LogP) is 3.10. The largest absolute Gasteiger partial charge is 0.354 e. The van der Waals surface area contributed by atoms with Crippen LogP contribution >= 0.6 is 0 Å². The minimum atomic E-state index is -0.512. The highest BCUT2D eigenvalue weighted by molar-refractivity contribution is 6.01. The van der Waals surface area contributed by atoms with Crippen LogP contribution < -0.4 is 10.2 Å². The molecule has 0 spiro atoms. The van der Waals surface area contributed by atoms with Gasteiger partial charge in [-0.15, -0.1) is 0 Å². The summed E-state index contributed by atoms with van der Waals surface area (Å²) < 4.78 is 0. The summed E-state index contributed by atoms with van der Waals surface area (Å²) in [7, 11) is 0. The highest BCUT2D eigenvalue weighted by Gasteiger charge is 2.30. The molecule has 25 heavy (non-hydrogen) atoms. The summed E-state index contributed by atoms with van der Waals surface area (Å²) in [6.07, 6.45) is 2.97. The molecule has 4 heteroatoms. The number of carbonyl (C=O) groups is 2. The van der Waals surface area contributed by atoms with Crippen molar-refractivity contribution in [3.63, 3.8) is 0 Å². The fourth-order valence-electron chi connectivity index (χ4n) is 3.31. The molecule has 1 N–H and O–H groups in total. The number of para-hydroxylation sites is 1. The number of fused-ring (bicyclic) bond motifs is 1. The van der Waals surface area contributed by atoms with Gasteiger partial charge in [0.1, 0.15) is 6.04 Å². The maximum atomic E-state index is 12.6. The van der Waals surface area contributed by atoms with Crippen LogP contribution in [0.15, 0.2) is 54.6 Å². The fraction of sp³-hybridized carbons (Fsp3) is 0.333. The zero-order valence-electron chi connectivity index (χ0n) is 14.6. The average Bonchev–Trinajstić information content (AvgIpc) is 2.80. The molecule has 2 aromatic carbocycles. The third kappa shape index (κ3) is 4.08. The summed E-state index contributed by atoms with van der Waals surface area (Å²) in [5.74, 6) is -0.0864. The zero-order chi connectivity index (χ0) is 17.6. The number of amides is 2. The number of nitrogens with one attached hydrogen (secondary N) is 1. The van der Waals surface area contributed by atoms with E-state index >= 15 is 0 Å². The van der Waals surface area contributed by atoms with Crippen LogP contribution in [0.4, 0.5) is 5.69 Å². The first-order valence-electron chi connectivity index (χ1n) is 8.88. The van der Waals surface area contributed by atoms with Crippen LogP contribution in [0.2, 0.25) is 0 Å². The SMILES string of the molecule is CC(C(=O)NCCc1ccccc1)N1C(=O)CCCc2ccccc21. The first-order chi connectivity index (χ1) is 12.2. The normalized spacial score (nSPS) is 15.2. The van der Waals surface area contributed by atoms with Gasteiger partial charge < -0.3 is 5.32 Å². The maximum absolute atomic E-state index is 12.6. The van der Waals surface area contributed by atoms with E-state index in [1.807, 2.05) is 54.6 Å². The molecule has 1 atom stereocenters. The van der Waals surface area contributed by atoms with Crippen LogP contribution in [0.1, 0.15) is 30.9 Å². The van der Waals surface area contributed by atoms with Gasteiger partial charge in [-0.1, -0.05) is 48.5 Å². The number of aryl methyl sites for hydroxylation is 1. The molecule has 130 valence electrons. The quantitative estimate of drug-likeness (QED) is 0.912. The van der Waals surface area contributed by atoms with Gasteiger partial charge in [0.15, 0.2) is 0 Å². The minimum absolute atomic E-state index is 0.0238. The zero-order valence-corrected chi connectivity index (χ0v) is 14.6. The Morgan fingerprint density at radius 2 is 1.80 bits per heavy atom. The highest BCUT2D eigenvalue weighted by Crippen LogP contribution is 2.28. The number of rotatable bonds is 5. The van der Waals surface area contributed by atoms with E-state index in [2.05, 4.69) is 5.32 Å². The second kappa shape index (κ2) is 7.97. The monoisotopic (exact) mass is 336 g/mol. The molecule has 3 rings (SSSR count). The molecule has 0 fully saturated rings. The molecule has 0 saturated heterocycles. The first-order valence-corrected chi connectivity index (χ1v) is 8.88. The van der Waals surface area contributed by atoms with Crippen LogP contribution in [0, 0.1) is 0 Å². The molecular weight excluding hydrogens is 312 g/mol. The van der Waals surface area contributed by atoms with Crippen LogP contribution in [0.5, 0.6) is 0 Å². The smallest absolute Gasteiger partial charge is 0.242 e. The molecule has 1 aliphatic rings. The van der Waals surface area contributed by atoms with Gasteiger partial charge in [-0.05, 0) is 43.4 Å². The Balaban J connectivity index is 1.67. The Morgan fingerprint density at radius 1 is 1.08 bits per heavy atom. The summed E-state index contributed by atoms with van der Waals surface area (Å²) in [5, 5.41) is 2.97. The molecule has 4 nitrogen and oxygen atoms in total. The van der Waals surface area contributed by atoms with Crippen LogP contribution in [-0.2, 0) is 22.4 Å². The molecule has 0 aromatic heterocycles. The van der Waals surface area contributed by atoms with Gasteiger partial charge in [-0.3, -0.25) is 14.5 Å². The van der Waals surface area contributed by atoms with Crippen LogP contribution in [-0.4, -0.2) is 24.4 Å². The minimum Gasteiger partial charge on any atom is -0.354 e. The van der Waals surface area contributed by atoms with Crippen molar-refractivity contribution in [2.24, 2.45) is 0 Å². The molecule has 1 heterocycles. The summed E-state index contributed by atoms with van der Waals surface area (Å²) in [4.78, 5) is 26.8. The van der Waals surface area contributed by atoms with Gasteiger partial charge >= 0.3 is 0 Å². The topological polar surface area (TPSA) is 49.4 Å². The van der Waals surface area contributed by atoms with E-state index in [1.165, 1.54) is 5.56 Å². The van der Waals surface area contributed by atoms with Crippen molar-refractivity contribution < 1.29 is 9.59 Å². The van der Waals surface area contributed by atoms with E-state index in [0.717, 1.165) is 30.5 Å². The summed E-state index contributed by atoms with van der Waals surface area (Å²) in [6.45, 7) is 2.37. The van der Waals surface area contributed by atoms with Crippen molar-refractivity contribution in [3.8, 4) is 0 Å². The lowest BCUT2D eigenvalue weighted by Crippen LogP contribution is -2.48. The van der Waals surface area contributed by atoms with Gasteiger partial charge in [-0.2, -0.15) is 0 Å². The van der Waals surface area contributed by atoms with Gasteiger partial charge in [0.25, 0.3) is 0 Å². The molecule has 0 bridgehead atoms. The Labute approximate surface area is 148 Å². The lowest BCUT2D eigenvalue weighted by Gasteiger charge is -2.28. The maximum Gasteiger partial charge on any atom is 0.242 e. The van der Waals surface area contributed by atoms with Crippen LogP contribution in [0.25, 0.3) is 0 Å². The lowest BCUT2D eigenvalue weighted by molar-refractivity contribution is -0.126. The van der Waals surface area contributed by atoms with Crippen molar-refractivity contribution in [2.75, 3.05) is 11.4 Å². The number of hydrogen-bond donors (Lipinski definition) is 1. The Kier molecular flexibility index (Phi) is 5.49. The first kappa shape index (κ1) is 17.2. The summed E-state index contributed by atoms with van der Waals surface area (Å²) in [6, 6.07) is 17.4. The second-order valence-corrected chi connectivity index (χ2v) is 6.45. The van der Waals surface area contributed by atoms with E-state index in [4.69, 9.17) is 0 Å². The third-order valence-electron chi connectivity index (χ3n) is 4.68. The van der Waals surface area contributed by atoms with E-state index < -0.39 is 6.04 Å². The Morgan fingerprint density at radius 3 is 2.60 bits per heavy atom. The number of carbonyl (C=O) groups excluding carboxylic acids is 2. The molecule has 2 amide bonds. The predicted molar refractivity (Wildman–Crippen MR) is 99.5 cm³/mol. The van der Waals surface area contributed by atoms with E-state index in [1.54, 1.807) is 11.8 Å². The summed E-state index contributed by atoms with van der Waals surface area (Å²) >= 11 is 0. The average molecular weight is 336 g/mol. The molecular formula is C21H24N2O2. The molecule has 0 radical (unpaired) electrons.